The van der Waals surface area contributed by atoms with E-state index in [1.165, 1.54) is 0 Å². The van der Waals surface area contributed by atoms with Crippen LogP contribution in [0.1, 0.15) is 44.1 Å². The van der Waals surface area contributed by atoms with E-state index in [0.717, 1.165) is 24.2 Å². The lowest BCUT2D eigenvalue weighted by Crippen LogP contribution is -2.19. The molecule has 0 saturated carbocycles. The molecular weight excluding hydrogens is 162 g/mol. The first kappa shape index (κ1) is 10.3. The first-order valence-corrected chi connectivity index (χ1v) is 4.99. The van der Waals surface area contributed by atoms with Gasteiger partial charge >= 0.3 is 0 Å². The minimum absolute atomic E-state index is 0.132. The number of nitrogens with two attached hydrogens (primary N) is 1. The van der Waals surface area contributed by atoms with Crippen LogP contribution in [0.5, 0.6) is 0 Å². The molecule has 0 radical (unpaired) electrons. The Kier molecular flexibility index (Phi) is 3.55. The van der Waals surface area contributed by atoms with E-state index >= 15 is 0 Å². The summed E-state index contributed by atoms with van der Waals surface area (Å²) in [5.74, 6) is 1.51. The van der Waals surface area contributed by atoms with Gasteiger partial charge in [-0.25, -0.2) is 0 Å². The van der Waals surface area contributed by atoms with Crippen LogP contribution in [0.4, 0.5) is 0 Å². The molecule has 2 N–H and O–H groups in total. The lowest BCUT2D eigenvalue weighted by atomic mass is 9.91. The van der Waals surface area contributed by atoms with Gasteiger partial charge in [-0.1, -0.05) is 26.7 Å². The summed E-state index contributed by atoms with van der Waals surface area (Å²) in [7, 11) is 0. The highest BCUT2D eigenvalue weighted by Crippen LogP contribution is 2.25. The van der Waals surface area contributed by atoms with E-state index in [9.17, 15) is 0 Å². The van der Waals surface area contributed by atoms with Crippen LogP contribution in [0.3, 0.4) is 0 Å². The molecule has 0 aromatic carbocycles. The van der Waals surface area contributed by atoms with E-state index in [2.05, 4.69) is 13.8 Å². The van der Waals surface area contributed by atoms with Gasteiger partial charge in [0.15, 0.2) is 0 Å². The molecular formula is C11H19NO. The normalized spacial score (nSPS) is 13.6. The van der Waals surface area contributed by atoms with Crippen molar-refractivity contribution in [3.05, 3.63) is 23.7 Å². The fourth-order valence-electron chi connectivity index (χ4n) is 1.71. The van der Waals surface area contributed by atoms with Gasteiger partial charge in [-0.3, -0.25) is 0 Å². The molecule has 1 aromatic heterocycles. The van der Waals surface area contributed by atoms with Crippen LogP contribution in [0.25, 0.3) is 0 Å². The molecule has 0 aliphatic carbocycles. The monoisotopic (exact) mass is 181 g/mol. The maximum absolute atomic E-state index is 6.11. The van der Waals surface area contributed by atoms with Crippen molar-refractivity contribution >= 4 is 0 Å². The third-order valence-corrected chi connectivity index (χ3v) is 2.69. The second-order valence-electron chi connectivity index (χ2n) is 3.59. The number of rotatable bonds is 4. The smallest absolute Gasteiger partial charge is 0.101 e. The standard InChI is InChI=1S/C11H19NO/c1-4-9(5-2)11(12)10-6-8(3)13-7-10/h6-7,9,11H,4-5,12H2,1-3H3. The van der Waals surface area contributed by atoms with Crippen LogP contribution in [0, 0.1) is 12.8 Å². The fraction of sp³-hybridized carbons (Fsp3) is 0.636. The Bertz CT molecular complexity index is 250. The lowest BCUT2D eigenvalue weighted by molar-refractivity contribution is 0.402. The van der Waals surface area contributed by atoms with Gasteiger partial charge in [0.2, 0.25) is 0 Å². The number of hydrogen-bond donors (Lipinski definition) is 1. The SMILES string of the molecule is CCC(CC)C(N)c1coc(C)c1. The number of furan rings is 1. The summed E-state index contributed by atoms with van der Waals surface area (Å²) in [5, 5.41) is 0. The summed E-state index contributed by atoms with van der Waals surface area (Å²) >= 11 is 0. The maximum atomic E-state index is 6.11. The zero-order valence-corrected chi connectivity index (χ0v) is 8.71. The molecule has 0 bridgehead atoms. The zero-order chi connectivity index (χ0) is 9.84. The average molecular weight is 181 g/mol. The minimum Gasteiger partial charge on any atom is -0.469 e. The maximum Gasteiger partial charge on any atom is 0.101 e. The highest BCUT2D eigenvalue weighted by Gasteiger charge is 2.17. The Hall–Kier alpha value is -0.760. The third kappa shape index (κ3) is 2.34. The summed E-state index contributed by atoms with van der Waals surface area (Å²) < 4.78 is 5.24. The average Bonchev–Trinajstić information content (AvgIpc) is 2.54. The molecule has 1 atom stereocenters. The number of hydrogen-bond acceptors (Lipinski definition) is 2. The van der Waals surface area contributed by atoms with Gasteiger partial charge in [0, 0.05) is 11.6 Å². The lowest BCUT2D eigenvalue weighted by Gasteiger charge is -2.19. The molecule has 1 rings (SSSR count). The predicted molar refractivity (Wildman–Crippen MR) is 54.4 cm³/mol. The van der Waals surface area contributed by atoms with Crippen molar-refractivity contribution in [2.45, 2.75) is 39.7 Å². The Morgan fingerprint density at radius 2 is 2.00 bits per heavy atom. The van der Waals surface area contributed by atoms with Gasteiger partial charge in [-0.05, 0) is 18.9 Å². The van der Waals surface area contributed by atoms with E-state index in [1.807, 2.05) is 13.0 Å². The van der Waals surface area contributed by atoms with Crippen molar-refractivity contribution in [3.63, 3.8) is 0 Å². The van der Waals surface area contributed by atoms with Crippen molar-refractivity contribution in [3.8, 4) is 0 Å². The van der Waals surface area contributed by atoms with E-state index in [-0.39, 0.29) is 6.04 Å². The van der Waals surface area contributed by atoms with Crippen molar-refractivity contribution in [2.24, 2.45) is 11.7 Å². The van der Waals surface area contributed by atoms with Crippen LogP contribution in [0.2, 0.25) is 0 Å². The summed E-state index contributed by atoms with van der Waals surface area (Å²) in [6, 6.07) is 2.16. The molecule has 0 aliphatic rings. The van der Waals surface area contributed by atoms with Crippen LogP contribution in [0.15, 0.2) is 16.7 Å². The highest BCUT2D eigenvalue weighted by atomic mass is 16.3. The number of aryl methyl sites for hydroxylation is 1. The van der Waals surface area contributed by atoms with Crippen LogP contribution in [-0.4, -0.2) is 0 Å². The molecule has 2 heteroatoms. The summed E-state index contributed by atoms with van der Waals surface area (Å²) in [4.78, 5) is 0. The Labute approximate surface area is 80.1 Å². The predicted octanol–water partition coefficient (Wildman–Crippen LogP) is 3.02. The van der Waals surface area contributed by atoms with Crippen molar-refractivity contribution in [1.29, 1.82) is 0 Å². The molecule has 0 amide bonds. The Balaban J connectivity index is 2.71. The fourth-order valence-corrected chi connectivity index (χ4v) is 1.71. The van der Waals surface area contributed by atoms with E-state index in [4.69, 9.17) is 10.2 Å². The third-order valence-electron chi connectivity index (χ3n) is 2.69. The highest BCUT2D eigenvalue weighted by molar-refractivity contribution is 5.16. The van der Waals surface area contributed by atoms with Gasteiger partial charge in [0.1, 0.15) is 5.76 Å². The van der Waals surface area contributed by atoms with Gasteiger partial charge in [0.05, 0.1) is 6.26 Å². The van der Waals surface area contributed by atoms with Crippen molar-refractivity contribution < 1.29 is 4.42 Å². The van der Waals surface area contributed by atoms with E-state index in [0.29, 0.717) is 5.92 Å². The molecule has 0 spiro atoms. The Morgan fingerprint density at radius 3 is 2.38 bits per heavy atom. The van der Waals surface area contributed by atoms with Crippen molar-refractivity contribution in [2.75, 3.05) is 0 Å². The van der Waals surface area contributed by atoms with Crippen LogP contribution >= 0.6 is 0 Å². The zero-order valence-electron chi connectivity index (χ0n) is 8.71. The molecule has 1 heterocycles. The molecule has 0 aliphatic heterocycles. The van der Waals surface area contributed by atoms with Gasteiger partial charge in [-0.2, -0.15) is 0 Å². The minimum atomic E-state index is 0.132. The summed E-state index contributed by atoms with van der Waals surface area (Å²) in [6.07, 6.45) is 4.03. The van der Waals surface area contributed by atoms with Crippen LogP contribution in [-0.2, 0) is 0 Å². The topological polar surface area (TPSA) is 39.2 Å². The summed E-state index contributed by atoms with van der Waals surface area (Å²) in [6.45, 7) is 6.31. The van der Waals surface area contributed by atoms with Gasteiger partial charge < -0.3 is 10.2 Å². The molecule has 0 saturated heterocycles. The quantitative estimate of drug-likeness (QED) is 0.775. The molecule has 1 unspecified atom stereocenters. The molecule has 1 aromatic rings. The second kappa shape index (κ2) is 4.47. The molecule has 0 fully saturated rings. The molecule has 2 nitrogen and oxygen atoms in total. The van der Waals surface area contributed by atoms with E-state index < -0.39 is 0 Å². The van der Waals surface area contributed by atoms with Crippen molar-refractivity contribution in [1.82, 2.24) is 0 Å². The van der Waals surface area contributed by atoms with E-state index in [1.54, 1.807) is 6.26 Å². The largest absolute Gasteiger partial charge is 0.469 e. The summed E-state index contributed by atoms with van der Waals surface area (Å²) in [5.41, 5.74) is 7.24. The van der Waals surface area contributed by atoms with Gasteiger partial charge in [0.25, 0.3) is 0 Å². The van der Waals surface area contributed by atoms with Crippen LogP contribution < -0.4 is 5.73 Å². The Morgan fingerprint density at radius 1 is 1.38 bits per heavy atom. The first-order chi connectivity index (χ1) is 6.19. The van der Waals surface area contributed by atoms with Gasteiger partial charge in [-0.15, -0.1) is 0 Å². The molecule has 13 heavy (non-hydrogen) atoms. The molecule has 74 valence electrons. The first-order valence-electron chi connectivity index (χ1n) is 4.99. The second-order valence-corrected chi connectivity index (χ2v) is 3.59.